The molecule has 0 atom stereocenters. The van der Waals surface area contributed by atoms with Gasteiger partial charge in [-0.1, -0.05) is 40.5 Å². The summed E-state index contributed by atoms with van der Waals surface area (Å²) in [5.41, 5.74) is -0.0257. The molecule has 1 saturated heterocycles. The van der Waals surface area contributed by atoms with Crippen LogP contribution in [-0.4, -0.2) is 30.1 Å². The van der Waals surface area contributed by atoms with Crippen LogP contribution in [0.4, 0.5) is 11.6 Å². The third kappa shape index (κ3) is 4.08. The first-order valence-electron chi connectivity index (χ1n) is 8.26. The van der Waals surface area contributed by atoms with Crippen molar-refractivity contribution in [2.24, 2.45) is 5.92 Å². The summed E-state index contributed by atoms with van der Waals surface area (Å²) < 4.78 is 0. The molecule has 0 bridgehead atoms. The Morgan fingerprint density at radius 3 is 2.43 bits per heavy atom. The van der Waals surface area contributed by atoms with E-state index < -0.39 is 0 Å². The van der Waals surface area contributed by atoms with E-state index in [4.69, 9.17) is 4.98 Å². The van der Waals surface area contributed by atoms with Crippen LogP contribution in [0.1, 0.15) is 59.2 Å². The molecule has 118 valence electrons. The zero-order valence-corrected chi connectivity index (χ0v) is 14.2. The second-order valence-corrected chi connectivity index (χ2v) is 7.15. The molecule has 0 unspecified atom stereocenters. The minimum Gasteiger partial charge on any atom is -0.373 e. The summed E-state index contributed by atoms with van der Waals surface area (Å²) in [6.07, 6.45) is 5.25. The fourth-order valence-electron chi connectivity index (χ4n) is 2.92. The van der Waals surface area contributed by atoms with E-state index in [1.807, 2.05) is 7.05 Å². The van der Waals surface area contributed by atoms with Gasteiger partial charge < -0.3 is 10.2 Å². The van der Waals surface area contributed by atoms with Crippen LogP contribution in [-0.2, 0) is 5.41 Å². The van der Waals surface area contributed by atoms with Crippen LogP contribution < -0.4 is 10.2 Å². The summed E-state index contributed by atoms with van der Waals surface area (Å²) in [7, 11) is 1.92. The second-order valence-electron chi connectivity index (χ2n) is 7.15. The summed E-state index contributed by atoms with van der Waals surface area (Å²) >= 11 is 0. The van der Waals surface area contributed by atoms with Crippen molar-refractivity contribution in [3.8, 4) is 0 Å². The molecule has 0 aliphatic carbocycles. The van der Waals surface area contributed by atoms with Gasteiger partial charge in [0.05, 0.1) is 0 Å². The van der Waals surface area contributed by atoms with Crippen LogP contribution in [0, 0.1) is 5.92 Å². The third-order valence-electron chi connectivity index (χ3n) is 4.28. The van der Waals surface area contributed by atoms with Crippen LogP contribution in [0.3, 0.4) is 0 Å². The van der Waals surface area contributed by atoms with E-state index in [0.29, 0.717) is 0 Å². The summed E-state index contributed by atoms with van der Waals surface area (Å²) in [5, 5.41) is 3.17. The van der Waals surface area contributed by atoms with Gasteiger partial charge >= 0.3 is 0 Å². The maximum atomic E-state index is 4.82. The lowest BCUT2D eigenvalue weighted by atomic mass is 9.92. The molecule has 0 spiro atoms. The van der Waals surface area contributed by atoms with Crippen molar-refractivity contribution in [2.75, 3.05) is 30.4 Å². The number of anilines is 2. The SMILES string of the molecule is CCCC1CCN(c2cc(NC)nc(C(C)(C)C)n2)CC1. The molecule has 21 heavy (non-hydrogen) atoms. The Labute approximate surface area is 129 Å². The summed E-state index contributed by atoms with van der Waals surface area (Å²) in [6, 6.07) is 2.08. The minimum atomic E-state index is -0.0257. The lowest BCUT2D eigenvalue weighted by molar-refractivity contribution is 0.377. The third-order valence-corrected chi connectivity index (χ3v) is 4.28. The molecule has 4 nitrogen and oxygen atoms in total. The Kier molecular flexibility index (Phi) is 5.07. The van der Waals surface area contributed by atoms with Gasteiger partial charge in [-0.2, -0.15) is 0 Å². The number of nitrogens with one attached hydrogen (secondary N) is 1. The van der Waals surface area contributed by atoms with E-state index >= 15 is 0 Å². The molecule has 2 heterocycles. The monoisotopic (exact) mass is 290 g/mol. The van der Waals surface area contributed by atoms with Crippen molar-refractivity contribution >= 4 is 11.6 Å². The number of aromatic nitrogens is 2. The van der Waals surface area contributed by atoms with E-state index in [9.17, 15) is 0 Å². The average Bonchev–Trinajstić information content (AvgIpc) is 2.47. The van der Waals surface area contributed by atoms with E-state index in [0.717, 1.165) is 36.5 Å². The van der Waals surface area contributed by atoms with Crippen molar-refractivity contribution in [3.05, 3.63) is 11.9 Å². The molecule has 1 aliphatic heterocycles. The number of rotatable bonds is 4. The van der Waals surface area contributed by atoms with Gasteiger partial charge in [-0.25, -0.2) is 9.97 Å². The normalized spacial score (nSPS) is 17.1. The molecule has 2 rings (SSSR count). The first-order valence-corrected chi connectivity index (χ1v) is 8.26. The highest BCUT2D eigenvalue weighted by atomic mass is 15.2. The van der Waals surface area contributed by atoms with Crippen molar-refractivity contribution in [1.82, 2.24) is 9.97 Å². The van der Waals surface area contributed by atoms with E-state index in [1.165, 1.54) is 25.7 Å². The topological polar surface area (TPSA) is 41.0 Å². The average molecular weight is 290 g/mol. The van der Waals surface area contributed by atoms with E-state index in [-0.39, 0.29) is 5.41 Å². The van der Waals surface area contributed by atoms with Crippen molar-refractivity contribution in [1.29, 1.82) is 0 Å². The van der Waals surface area contributed by atoms with Crippen LogP contribution in [0.15, 0.2) is 6.07 Å². The summed E-state index contributed by atoms with van der Waals surface area (Å²) in [6.45, 7) is 11.0. The molecule has 0 amide bonds. The molecular weight excluding hydrogens is 260 g/mol. The van der Waals surface area contributed by atoms with Gasteiger partial charge in [-0.3, -0.25) is 0 Å². The zero-order valence-electron chi connectivity index (χ0n) is 14.2. The first-order chi connectivity index (χ1) is 9.94. The molecule has 1 fully saturated rings. The van der Waals surface area contributed by atoms with Gasteiger partial charge in [0, 0.05) is 31.6 Å². The van der Waals surface area contributed by atoms with Crippen LogP contribution in [0.25, 0.3) is 0 Å². The molecule has 0 radical (unpaired) electrons. The Morgan fingerprint density at radius 2 is 1.90 bits per heavy atom. The molecule has 1 aliphatic rings. The Balaban J connectivity index is 2.16. The number of hydrogen-bond acceptors (Lipinski definition) is 4. The van der Waals surface area contributed by atoms with Crippen molar-refractivity contribution < 1.29 is 0 Å². The van der Waals surface area contributed by atoms with E-state index in [1.54, 1.807) is 0 Å². The predicted octanol–water partition coefficient (Wildman–Crippen LogP) is 3.83. The van der Waals surface area contributed by atoms with Crippen molar-refractivity contribution in [2.45, 2.75) is 58.8 Å². The Morgan fingerprint density at radius 1 is 1.24 bits per heavy atom. The second kappa shape index (κ2) is 6.63. The maximum absolute atomic E-state index is 4.82. The van der Waals surface area contributed by atoms with Gasteiger partial charge in [-0.05, 0) is 18.8 Å². The van der Waals surface area contributed by atoms with Gasteiger partial charge in [0.2, 0.25) is 0 Å². The fourth-order valence-corrected chi connectivity index (χ4v) is 2.92. The molecule has 1 aromatic heterocycles. The van der Waals surface area contributed by atoms with Crippen LogP contribution >= 0.6 is 0 Å². The van der Waals surface area contributed by atoms with Gasteiger partial charge in [-0.15, -0.1) is 0 Å². The van der Waals surface area contributed by atoms with Gasteiger partial charge in [0.15, 0.2) is 0 Å². The van der Waals surface area contributed by atoms with Crippen LogP contribution in [0.5, 0.6) is 0 Å². The lowest BCUT2D eigenvalue weighted by Gasteiger charge is -2.33. The molecule has 0 aromatic carbocycles. The fraction of sp³-hybridized carbons (Fsp3) is 0.765. The summed E-state index contributed by atoms with van der Waals surface area (Å²) in [5.74, 6) is 3.81. The number of hydrogen-bond donors (Lipinski definition) is 1. The molecule has 1 aromatic rings. The highest BCUT2D eigenvalue weighted by Gasteiger charge is 2.23. The Hall–Kier alpha value is -1.32. The first kappa shape index (κ1) is 16.1. The number of piperidine rings is 1. The molecule has 0 saturated carbocycles. The van der Waals surface area contributed by atoms with Crippen LogP contribution in [0.2, 0.25) is 0 Å². The lowest BCUT2D eigenvalue weighted by Crippen LogP contribution is -2.35. The molecular formula is C17H30N4. The van der Waals surface area contributed by atoms with Crippen molar-refractivity contribution in [3.63, 3.8) is 0 Å². The molecule has 4 heteroatoms. The zero-order chi connectivity index (χ0) is 15.5. The quantitative estimate of drug-likeness (QED) is 0.915. The van der Waals surface area contributed by atoms with E-state index in [2.05, 4.69) is 49.0 Å². The largest absolute Gasteiger partial charge is 0.373 e. The Bertz CT molecular complexity index is 456. The standard InChI is InChI=1S/C17H30N4/c1-6-7-13-8-10-21(11-9-13)15-12-14(18-5)19-16(20-15)17(2,3)4/h12-13H,6-11H2,1-5H3,(H,18,19,20). The maximum Gasteiger partial charge on any atom is 0.138 e. The van der Waals surface area contributed by atoms with Gasteiger partial charge in [0.25, 0.3) is 0 Å². The predicted molar refractivity (Wildman–Crippen MR) is 90.1 cm³/mol. The number of nitrogens with zero attached hydrogens (tertiary/aromatic N) is 3. The molecule has 1 N–H and O–H groups in total. The smallest absolute Gasteiger partial charge is 0.138 e. The minimum absolute atomic E-state index is 0.0257. The highest BCUT2D eigenvalue weighted by Crippen LogP contribution is 2.28. The highest BCUT2D eigenvalue weighted by molar-refractivity contribution is 5.50. The summed E-state index contributed by atoms with van der Waals surface area (Å²) in [4.78, 5) is 11.9. The van der Waals surface area contributed by atoms with Gasteiger partial charge in [0.1, 0.15) is 17.5 Å².